The third kappa shape index (κ3) is 6.09. The molecule has 8 heteroatoms. The van der Waals surface area contributed by atoms with E-state index in [9.17, 15) is 9.59 Å². The normalized spacial score (nSPS) is 14.6. The highest BCUT2D eigenvalue weighted by molar-refractivity contribution is 7.98. The number of carbonyl (C=O) groups excluding carboxylic acids is 2. The first-order chi connectivity index (χ1) is 13.6. The fourth-order valence-corrected chi connectivity index (χ4v) is 4.14. The molecule has 1 aliphatic rings. The molecule has 3 rings (SSSR count). The zero-order chi connectivity index (χ0) is 19.8. The largest absolute Gasteiger partial charge is 0.353 e. The van der Waals surface area contributed by atoms with E-state index >= 15 is 0 Å². The maximum Gasteiger partial charge on any atom is 0.252 e. The van der Waals surface area contributed by atoms with Crippen LogP contribution in [0.1, 0.15) is 60.6 Å². The molecule has 28 heavy (non-hydrogen) atoms. The Balaban J connectivity index is 1.46. The number of hydrogen-bond donors (Lipinski definition) is 2. The van der Waals surface area contributed by atoms with Crippen LogP contribution >= 0.6 is 11.8 Å². The molecule has 1 aromatic heterocycles. The average molecular weight is 403 g/mol. The molecule has 0 bridgehead atoms. The summed E-state index contributed by atoms with van der Waals surface area (Å²) in [5.74, 6) is 1.43. The number of rotatable bonds is 8. The fourth-order valence-electron chi connectivity index (χ4n) is 3.25. The summed E-state index contributed by atoms with van der Waals surface area (Å²) in [6.45, 7) is 2.09. The Kier molecular flexibility index (Phi) is 7.47. The Labute approximate surface area is 169 Å². The van der Waals surface area contributed by atoms with Crippen LogP contribution in [0.15, 0.2) is 33.7 Å². The third-order valence-electron chi connectivity index (χ3n) is 4.66. The van der Waals surface area contributed by atoms with Crippen LogP contribution in [0.2, 0.25) is 0 Å². The molecule has 150 valence electrons. The van der Waals surface area contributed by atoms with E-state index in [1.807, 2.05) is 18.2 Å². The van der Waals surface area contributed by atoms with Crippen LogP contribution in [0, 0.1) is 6.92 Å². The molecule has 1 fully saturated rings. The van der Waals surface area contributed by atoms with E-state index in [1.54, 1.807) is 13.0 Å². The summed E-state index contributed by atoms with van der Waals surface area (Å²) in [7, 11) is 0. The predicted molar refractivity (Wildman–Crippen MR) is 107 cm³/mol. The number of carbonyl (C=O) groups is 2. The number of nitrogens with one attached hydrogen (secondary N) is 2. The lowest BCUT2D eigenvalue weighted by atomic mass is 9.95. The highest BCUT2D eigenvalue weighted by Crippen LogP contribution is 2.25. The molecule has 2 N–H and O–H groups in total. The van der Waals surface area contributed by atoms with Crippen molar-refractivity contribution in [3.63, 3.8) is 0 Å². The van der Waals surface area contributed by atoms with E-state index in [0.29, 0.717) is 42.0 Å². The molecule has 0 atom stereocenters. The minimum absolute atomic E-state index is 0.00150. The summed E-state index contributed by atoms with van der Waals surface area (Å²) in [6, 6.07) is 7.67. The molecule has 0 spiro atoms. The molecule has 1 saturated carbocycles. The lowest BCUT2D eigenvalue weighted by Crippen LogP contribution is -2.38. The summed E-state index contributed by atoms with van der Waals surface area (Å²) in [5, 5.41) is 9.68. The van der Waals surface area contributed by atoms with Crippen molar-refractivity contribution < 1.29 is 14.1 Å². The molecule has 0 saturated heterocycles. The van der Waals surface area contributed by atoms with Crippen LogP contribution in [0.3, 0.4) is 0 Å². The first-order valence-electron chi connectivity index (χ1n) is 9.70. The summed E-state index contributed by atoms with van der Waals surface area (Å²) in [5.41, 5.74) is 0.580. The van der Waals surface area contributed by atoms with Gasteiger partial charge >= 0.3 is 0 Å². The van der Waals surface area contributed by atoms with Crippen molar-refractivity contribution in [2.24, 2.45) is 0 Å². The van der Waals surface area contributed by atoms with Crippen LogP contribution < -0.4 is 10.6 Å². The molecule has 2 amide bonds. The van der Waals surface area contributed by atoms with Gasteiger partial charge in [0.05, 0.1) is 11.3 Å². The summed E-state index contributed by atoms with van der Waals surface area (Å²) < 4.78 is 5.11. The van der Waals surface area contributed by atoms with Gasteiger partial charge in [-0.15, -0.1) is 11.8 Å². The molecule has 2 aromatic rings. The lowest BCUT2D eigenvalue weighted by Gasteiger charge is -2.22. The van der Waals surface area contributed by atoms with Crippen LogP contribution in [0.5, 0.6) is 0 Å². The average Bonchev–Trinajstić information content (AvgIpc) is 3.12. The number of amides is 2. The number of nitrogens with zero attached hydrogens (tertiary/aromatic N) is 2. The van der Waals surface area contributed by atoms with Gasteiger partial charge in [-0.05, 0) is 31.9 Å². The van der Waals surface area contributed by atoms with Gasteiger partial charge in [0.1, 0.15) is 0 Å². The second kappa shape index (κ2) is 10.3. The van der Waals surface area contributed by atoms with E-state index in [1.165, 1.54) is 31.0 Å². The van der Waals surface area contributed by atoms with Gasteiger partial charge in [-0.3, -0.25) is 9.59 Å². The van der Waals surface area contributed by atoms with Gasteiger partial charge in [0.25, 0.3) is 5.91 Å². The van der Waals surface area contributed by atoms with E-state index in [2.05, 4.69) is 20.8 Å². The molecule has 7 nitrogen and oxygen atoms in total. The smallest absolute Gasteiger partial charge is 0.252 e. The monoisotopic (exact) mass is 402 g/mol. The van der Waals surface area contributed by atoms with Gasteiger partial charge in [0.15, 0.2) is 5.82 Å². The van der Waals surface area contributed by atoms with Gasteiger partial charge < -0.3 is 15.2 Å². The lowest BCUT2D eigenvalue weighted by molar-refractivity contribution is -0.121. The van der Waals surface area contributed by atoms with E-state index in [0.717, 1.165) is 17.7 Å². The van der Waals surface area contributed by atoms with Crippen LogP contribution in [-0.2, 0) is 10.5 Å². The molecule has 1 aliphatic carbocycles. The highest BCUT2D eigenvalue weighted by atomic mass is 32.2. The van der Waals surface area contributed by atoms with E-state index in [-0.39, 0.29) is 11.8 Å². The van der Waals surface area contributed by atoms with Crippen molar-refractivity contribution >= 4 is 23.6 Å². The van der Waals surface area contributed by atoms with Crippen molar-refractivity contribution in [2.45, 2.75) is 62.1 Å². The van der Waals surface area contributed by atoms with Crippen molar-refractivity contribution in [1.29, 1.82) is 0 Å². The van der Waals surface area contributed by atoms with E-state index < -0.39 is 0 Å². The number of hydrogen-bond acceptors (Lipinski definition) is 6. The maximum atomic E-state index is 12.5. The number of thioether (sulfide) groups is 1. The molecular formula is C20H26N4O3S. The van der Waals surface area contributed by atoms with E-state index in [4.69, 9.17) is 4.52 Å². The van der Waals surface area contributed by atoms with Crippen LogP contribution in [0.25, 0.3) is 0 Å². The summed E-state index contributed by atoms with van der Waals surface area (Å²) >= 11 is 1.47. The molecule has 1 aromatic carbocycles. The predicted octanol–water partition coefficient (Wildman–Crippen LogP) is 3.24. The molecule has 0 aliphatic heterocycles. The van der Waals surface area contributed by atoms with Gasteiger partial charge in [-0.25, -0.2) is 0 Å². The van der Waals surface area contributed by atoms with Crippen molar-refractivity contribution in [3.05, 3.63) is 41.5 Å². The van der Waals surface area contributed by atoms with Gasteiger partial charge in [-0.1, -0.05) is 36.6 Å². The second-order valence-corrected chi connectivity index (χ2v) is 7.95. The number of aromatic nitrogens is 2. The quantitative estimate of drug-likeness (QED) is 0.658. The van der Waals surface area contributed by atoms with Crippen molar-refractivity contribution in [3.8, 4) is 0 Å². The van der Waals surface area contributed by atoms with Crippen molar-refractivity contribution in [1.82, 2.24) is 20.8 Å². The number of benzene rings is 1. The first-order valence-corrected chi connectivity index (χ1v) is 10.7. The SMILES string of the molecule is Cc1noc(CSc2ccccc2C(=O)NCCC(=O)NC2CCCCC2)n1. The third-order valence-corrected chi connectivity index (χ3v) is 5.72. The molecule has 1 heterocycles. The zero-order valence-corrected chi connectivity index (χ0v) is 16.9. The van der Waals surface area contributed by atoms with Gasteiger partial charge in [0.2, 0.25) is 11.8 Å². The van der Waals surface area contributed by atoms with Crippen LogP contribution in [0.4, 0.5) is 0 Å². The first kappa shape index (κ1) is 20.4. The summed E-state index contributed by atoms with van der Waals surface area (Å²) in [6.07, 6.45) is 6.02. The Morgan fingerprint density at radius 1 is 1.21 bits per heavy atom. The minimum Gasteiger partial charge on any atom is -0.353 e. The van der Waals surface area contributed by atoms with Crippen molar-refractivity contribution in [2.75, 3.05) is 6.54 Å². The zero-order valence-electron chi connectivity index (χ0n) is 16.1. The topological polar surface area (TPSA) is 97.1 Å². The second-order valence-electron chi connectivity index (χ2n) is 6.93. The van der Waals surface area contributed by atoms with Gasteiger partial charge in [-0.2, -0.15) is 4.98 Å². The summed E-state index contributed by atoms with van der Waals surface area (Å²) in [4.78, 5) is 29.6. The standard InChI is InChI=1S/C20H26N4O3S/c1-14-22-19(27-24-14)13-28-17-10-6-5-9-16(17)20(26)21-12-11-18(25)23-15-7-3-2-4-8-15/h5-6,9-10,15H,2-4,7-8,11-13H2,1H3,(H,21,26)(H,23,25). The highest BCUT2D eigenvalue weighted by Gasteiger charge is 2.16. The Hall–Kier alpha value is -2.35. The maximum absolute atomic E-state index is 12.5. The Morgan fingerprint density at radius 3 is 2.75 bits per heavy atom. The van der Waals surface area contributed by atoms with Crippen LogP contribution in [-0.4, -0.2) is 34.5 Å². The Bertz CT molecular complexity index is 802. The number of aryl methyl sites for hydroxylation is 1. The van der Waals surface area contributed by atoms with Gasteiger partial charge in [0, 0.05) is 23.9 Å². The molecule has 0 radical (unpaired) electrons. The fraction of sp³-hybridized carbons (Fsp3) is 0.500. The molecular weight excluding hydrogens is 376 g/mol. The Morgan fingerprint density at radius 2 is 2.00 bits per heavy atom. The minimum atomic E-state index is -0.185. The molecule has 0 unspecified atom stereocenters.